The van der Waals surface area contributed by atoms with Crippen molar-refractivity contribution in [1.82, 2.24) is 10.6 Å². The highest BCUT2D eigenvalue weighted by atomic mass is 127. The molecule has 1 aromatic carbocycles. The zero-order valence-corrected chi connectivity index (χ0v) is 13.8. The van der Waals surface area contributed by atoms with Crippen LogP contribution in [-0.4, -0.2) is 25.1 Å². The number of rotatable bonds is 3. The Bertz CT molecular complexity index is 448. The van der Waals surface area contributed by atoms with Crippen LogP contribution < -0.4 is 10.6 Å². The maximum Gasteiger partial charge on any atom is 0.191 e. The Balaban J connectivity index is 0.00000180. The molecule has 106 valence electrons. The summed E-state index contributed by atoms with van der Waals surface area (Å²) in [6, 6.07) is 7.61. The normalized spacial score (nSPS) is 21.8. The largest absolute Gasteiger partial charge is 0.354 e. The standard InChI is InChI=1S/C14H20FN3.HI/c1-9(2)17-14(16-3)18-13-8-11(13)10-6-4-5-7-12(10)15;/h4-7,9,11,13H,8H2,1-3H3,(H2,16,17,18);1H. The first-order valence-electron chi connectivity index (χ1n) is 6.36. The van der Waals surface area contributed by atoms with Gasteiger partial charge in [0.15, 0.2) is 5.96 Å². The molecule has 2 atom stereocenters. The summed E-state index contributed by atoms with van der Waals surface area (Å²) < 4.78 is 13.6. The molecule has 3 nitrogen and oxygen atoms in total. The second-order valence-corrected chi connectivity index (χ2v) is 4.99. The molecule has 0 amide bonds. The lowest BCUT2D eigenvalue weighted by Crippen LogP contribution is -2.42. The van der Waals surface area contributed by atoms with E-state index in [0.29, 0.717) is 6.04 Å². The molecule has 5 heteroatoms. The Morgan fingerprint density at radius 3 is 2.63 bits per heavy atom. The van der Waals surface area contributed by atoms with E-state index in [1.165, 1.54) is 6.07 Å². The first-order valence-corrected chi connectivity index (χ1v) is 6.36. The fourth-order valence-corrected chi connectivity index (χ4v) is 2.09. The summed E-state index contributed by atoms with van der Waals surface area (Å²) in [5.41, 5.74) is 0.801. The molecule has 0 saturated heterocycles. The second-order valence-electron chi connectivity index (χ2n) is 4.99. The number of benzene rings is 1. The number of guanidine groups is 1. The predicted molar refractivity (Wildman–Crippen MR) is 87.7 cm³/mol. The van der Waals surface area contributed by atoms with E-state index in [1.807, 2.05) is 12.1 Å². The Morgan fingerprint density at radius 1 is 1.37 bits per heavy atom. The molecule has 19 heavy (non-hydrogen) atoms. The molecule has 0 aliphatic heterocycles. The van der Waals surface area contributed by atoms with Gasteiger partial charge in [-0.05, 0) is 31.9 Å². The van der Waals surface area contributed by atoms with Crippen molar-refractivity contribution in [3.8, 4) is 0 Å². The third-order valence-electron chi connectivity index (χ3n) is 3.07. The van der Waals surface area contributed by atoms with E-state index in [4.69, 9.17) is 0 Å². The number of nitrogens with one attached hydrogen (secondary N) is 2. The van der Waals surface area contributed by atoms with Crippen LogP contribution in [0.3, 0.4) is 0 Å². The fraction of sp³-hybridized carbons (Fsp3) is 0.500. The predicted octanol–water partition coefficient (Wildman–Crippen LogP) is 2.87. The Kier molecular flexibility index (Phi) is 6.03. The summed E-state index contributed by atoms with van der Waals surface area (Å²) in [6.07, 6.45) is 0.958. The van der Waals surface area contributed by atoms with Gasteiger partial charge in [-0.3, -0.25) is 4.99 Å². The van der Waals surface area contributed by atoms with Crippen LogP contribution in [-0.2, 0) is 0 Å². The number of hydrogen-bond donors (Lipinski definition) is 2. The monoisotopic (exact) mass is 377 g/mol. The van der Waals surface area contributed by atoms with E-state index < -0.39 is 0 Å². The average Bonchev–Trinajstić information content (AvgIpc) is 3.07. The van der Waals surface area contributed by atoms with E-state index >= 15 is 0 Å². The molecule has 1 saturated carbocycles. The lowest BCUT2D eigenvalue weighted by Gasteiger charge is -2.14. The van der Waals surface area contributed by atoms with Gasteiger partial charge < -0.3 is 10.6 Å². The first kappa shape index (κ1) is 16.2. The Hall–Kier alpha value is -0.850. The Morgan fingerprint density at radius 2 is 2.05 bits per heavy atom. The van der Waals surface area contributed by atoms with Gasteiger partial charge >= 0.3 is 0 Å². The third-order valence-corrected chi connectivity index (χ3v) is 3.07. The highest BCUT2D eigenvalue weighted by molar-refractivity contribution is 14.0. The lowest BCUT2D eigenvalue weighted by atomic mass is 10.1. The van der Waals surface area contributed by atoms with Crippen molar-refractivity contribution >= 4 is 29.9 Å². The molecule has 0 radical (unpaired) electrons. The molecule has 1 aromatic rings. The zero-order chi connectivity index (χ0) is 13.1. The molecular weight excluding hydrogens is 356 g/mol. The van der Waals surface area contributed by atoms with Crippen LogP contribution in [0.15, 0.2) is 29.3 Å². The van der Waals surface area contributed by atoms with E-state index in [0.717, 1.165) is 17.9 Å². The van der Waals surface area contributed by atoms with E-state index in [1.54, 1.807) is 13.1 Å². The van der Waals surface area contributed by atoms with Gasteiger partial charge in [-0.1, -0.05) is 18.2 Å². The van der Waals surface area contributed by atoms with Crippen LogP contribution in [0.4, 0.5) is 4.39 Å². The minimum absolute atomic E-state index is 0. The van der Waals surface area contributed by atoms with Crippen LogP contribution in [0.1, 0.15) is 31.7 Å². The molecule has 2 rings (SSSR count). The first-order chi connectivity index (χ1) is 8.61. The van der Waals surface area contributed by atoms with Gasteiger partial charge in [0.1, 0.15) is 5.82 Å². The van der Waals surface area contributed by atoms with E-state index in [-0.39, 0.29) is 41.8 Å². The minimum atomic E-state index is -0.112. The molecule has 1 aliphatic carbocycles. The summed E-state index contributed by atoms with van der Waals surface area (Å²) in [7, 11) is 1.75. The number of halogens is 2. The topological polar surface area (TPSA) is 36.4 Å². The molecule has 0 aromatic heterocycles. The van der Waals surface area contributed by atoms with Crippen molar-refractivity contribution in [3.05, 3.63) is 35.6 Å². The van der Waals surface area contributed by atoms with Gasteiger partial charge in [0.05, 0.1) is 0 Å². The summed E-state index contributed by atoms with van der Waals surface area (Å²) in [5.74, 6) is 0.935. The zero-order valence-electron chi connectivity index (χ0n) is 11.5. The molecule has 1 aliphatic rings. The lowest BCUT2D eigenvalue weighted by molar-refractivity contribution is 0.607. The SMILES string of the molecule is CN=C(NC(C)C)NC1CC1c1ccccc1F.I. The molecule has 0 bridgehead atoms. The molecule has 2 unspecified atom stereocenters. The molecule has 0 spiro atoms. The maximum absolute atomic E-state index is 13.6. The van der Waals surface area contributed by atoms with Crippen molar-refractivity contribution in [2.75, 3.05) is 7.05 Å². The summed E-state index contributed by atoms with van der Waals surface area (Å²) in [5, 5.41) is 6.55. The van der Waals surface area contributed by atoms with Crippen LogP contribution in [0.5, 0.6) is 0 Å². The second kappa shape index (κ2) is 7.07. The van der Waals surface area contributed by atoms with Crippen LogP contribution in [0, 0.1) is 5.82 Å². The minimum Gasteiger partial charge on any atom is -0.354 e. The maximum atomic E-state index is 13.6. The van der Waals surface area contributed by atoms with E-state index in [2.05, 4.69) is 29.5 Å². The highest BCUT2D eigenvalue weighted by Gasteiger charge is 2.40. The number of nitrogens with zero attached hydrogens (tertiary/aromatic N) is 1. The van der Waals surface area contributed by atoms with Gasteiger partial charge in [0.25, 0.3) is 0 Å². The van der Waals surface area contributed by atoms with Gasteiger partial charge in [-0.15, -0.1) is 24.0 Å². The Labute approximate surface area is 131 Å². The average molecular weight is 377 g/mol. The molecule has 2 N–H and O–H groups in total. The number of aliphatic imine (C=N–C) groups is 1. The smallest absolute Gasteiger partial charge is 0.191 e. The van der Waals surface area contributed by atoms with E-state index in [9.17, 15) is 4.39 Å². The van der Waals surface area contributed by atoms with Gasteiger partial charge in [0.2, 0.25) is 0 Å². The van der Waals surface area contributed by atoms with Crippen LogP contribution in [0.25, 0.3) is 0 Å². The quantitative estimate of drug-likeness (QED) is 0.483. The van der Waals surface area contributed by atoms with Gasteiger partial charge in [-0.2, -0.15) is 0 Å². The van der Waals surface area contributed by atoms with Crippen LogP contribution in [0.2, 0.25) is 0 Å². The summed E-state index contributed by atoms with van der Waals surface area (Å²) >= 11 is 0. The molecule has 1 fully saturated rings. The molecular formula is C14H21FIN3. The van der Waals surface area contributed by atoms with Gasteiger partial charge in [-0.25, -0.2) is 4.39 Å². The van der Waals surface area contributed by atoms with Crippen molar-refractivity contribution < 1.29 is 4.39 Å². The highest BCUT2D eigenvalue weighted by Crippen LogP contribution is 2.41. The fourth-order valence-electron chi connectivity index (χ4n) is 2.09. The number of hydrogen-bond acceptors (Lipinski definition) is 1. The third kappa shape index (κ3) is 4.33. The van der Waals surface area contributed by atoms with Gasteiger partial charge in [0, 0.05) is 25.0 Å². The summed E-state index contributed by atoms with van der Waals surface area (Å²) in [4.78, 5) is 4.16. The van der Waals surface area contributed by atoms with Crippen molar-refractivity contribution in [2.24, 2.45) is 4.99 Å². The van der Waals surface area contributed by atoms with Crippen molar-refractivity contribution in [3.63, 3.8) is 0 Å². The van der Waals surface area contributed by atoms with Crippen molar-refractivity contribution in [2.45, 2.75) is 38.3 Å². The van der Waals surface area contributed by atoms with Crippen LogP contribution >= 0.6 is 24.0 Å². The summed E-state index contributed by atoms with van der Waals surface area (Å²) in [6.45, 7) is 4.13. The molecule has 0 heterocycles. The van der Waals surface area contributed by atoms with Crippen molar-refractivity contribution in [1.29, 1.82) is 0 Å².